The van der Waals surface area contributed by atoms with E-state index in [0.29, 0.717) is 6.42 Å². The molecule has 0 aliphatic rings. The molecule has 0 aromatic heterocycles. The highest BCUT2D eigenvalue weighted by Gasteiger charge is 2.14. The lowest BCUT2D eigenvalue weighted by Gasteiger charge is -2.18. The lowest BCUT2D eigenvalue weighted by Crippen LogP contribution is -2.38. The van der Waals surface area contributed by atoms with Crippen molar-refractivity contribution in [3.05, 3.63) is 48.0 Å². The molecule has 0 atom stereocenters. The average Bonchev–Trinajstić information content (AvgIpc) is 2.39. The van der Waals surface area contributed by atoms with E-state index in [-0.39, 0.29) is 25.5 Å². The maximum atomic E-state index is 11.8. The van der Waals surface area contributed by atoms with Gasteiger partial charge in [0.15, 0.2) is 0 Å². The van der Waals surface area contributed by atoms with Gasteiger partial charge in [0.25, 0.3) is 0 Å². The van der Waals surface area contributed by atoms with Crippen molar-refractivity contribution in [3.8, 4) is 0 Å². The number of carbonyl (C=O) groups is 1. The first-order valence-corrected chi connectivity index (χ1v) is 8.56. The van der Waals surface area contributed by atoms with Crippen molar-refractivity contribution in [3.63, 3.8) is 0 Å². The molecule has 21 heavy (non-hydrogen) atoms. The molecule has 116 valence electrons. The fourth-order valence-electron chi connectivity index (χ4n) is 1.81. The van der Waals surface area contributed by atoms with E-state index in [2.05, 4.69) is 11.9 Å². The summed E-state index contributed by atoms with van der Waals surface area (Å²) in [4.78, 5) is 11.8. The molecule has 1 aromatic carbocycles. The topological polar surface area (TPSA) is 66.5 Å². The summed E-state index contributed by atoms with van der Waals surface area (Å²) in [5.74, 6) is -0.120. The van der Waals surface area contributed by atoms with Crippen LogP contribution in [0.25, 0.3) is 0 Å². The SMILES string of the molecule is C=CCN(CCNC(=O)Cc1ccc(C)cc1)S(C)(=O)=O. The van der Waals surface area contributed by atoms with E-state index in [9.17, 15) is 13.2 Å². The zero-order valence-electron chi connectivity index (χ0n) is 12.5. The van der Waals surface area contributed by atoms with E-state index >= 15 is 0 Å². The first-order chi connectivity index (χ1) is 9.82. The van der Waals surface area contributed by atoms with Crippen molar-refractivity contribution >= 4 is 15.9 Å². The van der Waals surface area contributed by atoms with E-state index in [1.807, 2.05) is 31.2 Å². The Balaban J connectivity index is 2.42. The summed E-state index contributed by atoms with van der Waals surface area (Å²) in [6.45, 7) is 6.28. The molecule has 0 fully saturated rings. The summed E-state index contributed by atoms with van der Waals surface area (Å²) >= 11 is 0. The third kappa shape index (κ3) is 6.55. The minimum absolute atomic E-state index is 0.120. The third-order valence-electron chi connectivity index (χ3n) is 2.97. The normalized spacial score (nSPS) is 11.4. The van der Waals surface area contributed by atoms with Gasteiger partial charge in [-0.25, -0.2) is 8.42 Å². The molecule has 0 saturated heterocycles. The number of hydrogen-bond donors (Lipinski definition) is 1. The molecule has 1 rings (SSSR count). The van der Waals surface area contributed by atoms with Crippen LogP contribution in [0.1, 0.15) is 11.1 Å². The molecule has 5 nitrogen and oxygen atoms in total. The number of nitrogens with zero attached hydrogens (tertiary/aromatic N) is 1. The van der Waals surface area contributed by atoms with E-state index in [0.717, 1.165) is 17.4 Å². The summed E-state index contributed by atoms with van der Waals surface area (Å²) in [5.41, 5.74) is 2.08. The van der Waals surface area contributed by atoms with Gasteiger partial charge >= 0.3 is 0 Å². The highest BCUT2D eigenvalue weighted by molar-refractivity contribution is 7.88. The highest BCUT2D eigenvalue weighted by Crippen LogP contribution is 2.03. The summed E-state index contributed by atoms with van der Waals surface area (Å²) in [6, 6.07) is 7.74. The van der Waals surface area contributed by atoms with Gasteiger partial charge in [-0.05, 0) is 12.5 Å². The Kier molecular flexibility index (Phi) is 6.58. The third-order valence-corrected chi connectivity index (χ3v) is 4.24. The van der Waals surface area contributed by atoms with Crippen molar-refractivity contribution in [2.75, 3.05) is 25.9 Å². The van der Waals surface area contributed by atoms with Crippen LogP contribution in [0.4, 0.5) is 0 Å². The molecule has 0 radical (unpaired) electrons. The maximum Gasteiger partial charge on any atom is 0.224 e. The summed E-state index contributed by atoms with van der Waals surface area (Å²) in [6.07, 6.45) is 2.96. The Morgan fingerprint density at radius 3 is 2.48 bits per heavy atom. The number of rotatable bonds is 8. The quantitative estimate of drug-likeness (QED) is 0.731. The van der Waals surface area contributed by atoms with Crippen LogP contribution >= 0.6 is 0 Å². The summed E-state index contributed by atoms with van der Waals surface area (Å²) < 4.78 is 24.2. The van der Waals surface area contributed by atoms with Gasteiger partial charge < -0.3 is 5.32 Å². The molecule has 0 bridgehead atoms. The Morgan fingerprint density at radius 1 is 1.33 bits per heavy atom. The average molecular weight is 310 g/mol. The smallest absolute Gasteiger partial charge is 0.224 e. The van der Waals surface area contributed by atoms with Gasteiger partial charge in [0.2, 0.25) is 15.9 Å². The number of nitrogens with one attached hydrogen (secondary N) is 1. The molecule has 1 aromatic rings. The van der Waals surface area contributed by atoms with Crippen molar-refractivity contribution in [1.82, 2.24) is 9.62 Å². The summed E-state index contributed by atoms with van der Waals surface area (Å²) in [5, 5.41) is 2.73. The molecule has 0 aliphatic carbocycles. The molecule has 0 spiro atoms. The second kappa shape index (κ2) is 7.95. The van der Waals surface area contributed by atoms with Crippen molar-refractivity contribution in [1.29, 1.82) is 0 Å². The van der Waals surface area contributed by atoms with Crippen molar-refractivity contribution in [2.45, 2.75) is 13.3 Å². The van der Waals surface area contributed by atoms with Crippen LogP contribution in [0.3, 0.4) is 0 Å². The predicted octanol–water partition coefficient (Wildman–Crippen LogP) is 1.10. The minimum atomic E-state index is -3.28. The first-order valence-electron chi connectivity index (χ1n) is 6.71. The molecule has 0 aliphatic heterocycles. The second-order valence-electron chi connectivity index (χ2n) is 4.92. The van der Waals surface area contributed by atoms with Crippen molar-refractivity contribution in [2.24, 2.45) is 0 Å². The van der Waals surface area contributed by atoms with Crippen LogP contribution in [-0.4, -0.2) is 44.5 Å². The van der Waals surface area contributed by atoms with Crippen LogP contribution in [0.2, 0.25) is 0 Å². The number of sulfonamides is 1. The van der Waals surface area contributed by atoms with Crippen LogP contribution in [0.15, 0.2) is 36.9 Å². The minimum Gasteiger partial charge on any atom is -0.354 e. The van der Waals surface area contributed by atoms with Crippen LogP contribution < -0.4 is 5.32 Å². The fourth-order valence-corrected chi connectivity index (χ4v) is 2.61. The number of carbonyl (C=O) groups excluding carboxylic acids is 1. The van der Waals surface area contributed by atoms with Gasteiger partial charge in [-0.3, -0.25) is 4.79 Å². The van der Waals surface area contributed by atoms with E-state index in [4.69, 9.17) is 0 Å². The number of benzene rings is 1. The Morgan fingerprint density at radius 2 is 1.95 bits per heavy atom. The molecular weight excluding hydrogens is 288 g/mol. The predicted molar refractivity (Wildman–Crippen MR) is 84.5 cm³/mol. The van der Waals surface area contributed by atoms with Gasteiger partial charge in [0.05, 0.1) is 12.7 Å². The molecule has 1 N–H and O–H groups in total. The first kappa shape index (κ1) is 17.4. The zero-order chi connectivity index (χ0) is 15.9. The second-order valence-corrected chi connectivity index (χ2v) is 6.90. The largest absolute Gasteiger partial charge is 0.354 e. The Bertz CT molecular complexity index is 579. The molecule has 0 unspecified atom stereocenters. The molecule has 6 heteroatoms. The maximum absolute atomic E-state index is 11.8. The van der Waals surface area contributed by atoms with Crippen LogP contribution in [0, 0.1) is 6.92 Å². The lowest BCUT2D eigenvalue weighted by molar-refractivity contribution is -0.120. The highest BCUT2D eigenvalue weighted by atomic mass is 32.2. The number of hydrogen-bond acceptors (Lipinski definition) is 3. The molecule has 1 amide bonds. The van der Waals surface area contributed by atoms with Gasteiger partial charge in [-0.2, -0.15) is 4.31 Å². The zero-order valence-corrected chi connectivity index (χ0v) is 13.3. The van der Waals surface area contributed by atoms with E-state index < -0.39 is 10.0 Å². The van der Waals surface area contributed by atoms with Crippen molar-refractivity contribution < 1.29 is 13.2 Å². The monoisotopic (exact) mass is 310 g/mol. The summed E-state index contributed by atoms with van der Waals surface area (Å²) in [7, 11) is -3.28. The van der Waals surface area contributed by atoms with Gasteiger partial charge in [0, 0.05) is 19.6 Å². The van der Waals surface area contributed by atoms with E-state index in [1.165, 1.54) is 10.4 Å². The number of amides is 1. The van der Waals surface area contributed by atoms with E-state index in [1.54, 1.807) is 0 Å². The fraction of sp³-hybridized carbons (Fsp3) is 0.400. The molecular formula is C15H22N2O3S. The van der Waals surface area contributed by atoms with Crippen LogP contribution in [0.5, 0.6) is 0 Å². The Labute approximate surface area is 126 Å². The molecule has 0 saturated carbocycles. The lowest BCUT2D eigenvalue weighted by atomic mass is 10.1. The van der Waals surface area contributed by atoms with Crippen LogP contribution in [-0.2, 0) is 21.2 Å². The van der Waals surface area contributed by atoms with Gasteiger partial charge in [-0.1, -0.05) is 35.9 Å². The van der Waals surface area contributed by atoms with Gasteiger partial charge in [0.1, 0.15) is 0 Å². The molecule has 0 heterocycles. The van der Waals surface area contributed by atoms with Gasteiger partial charge in [-0.15, -0.1) is 6.58 Å². The standard InChI is InChI=1S/C15H22N2O3S/c1-4-10-17(21(3,19)20)11-9-16-15(18)12-14-7-5-13(2)6-8-14/h4-8H,1,9-12H2,2-3H3,(H,16,18). The Hall–Kier alpha value is -1.66. The number of aryl methyl sites for hydroxylation is 1.